The third-order valence-corrected chi connectivity index (χ3v) is 3.05. The van der Waals surface area contributed by atoms with Gasteiger partial charge in [0.15, 0.2) is 5.96 Å². The number of rotatable bonds is 6. The van der Waals surface area contributed by atoms with Gasteiger partial charge in [0.05, 0.1) is 7.11 Å². The highest BCUT2D eigenvalue weighted by Crippen LogP contribution is 2.10. The molecule has 0 spiro atoms. The van der Waals surface area contributed by atoms with Gasteiger partial charge in [0.2, 0.25) is 0 Å². The Morgan fingerprint density at radius 3 is 2.56 bits per heavy atom. The Bertz CT molecular complexity index is 365. The zero-order valence-electron chi connectivity index (χ0n) is 11.2. The lowest BCUT2D eigenvalue weighted by atomic mass is 10.2. The molecule has 0 aromatic heterocycles. The largest absolute Gasteiger partial charge is 0.497 e. The first-order valence-corrected chi connectivity index (χ1v) is 7.26. The number of nitrogens with zero attached hydrogens (tertiary/aromatic N) is 1. The normalized spacial score (nSPS) is 11.2. The molecule has 0 fully saturated rings. The fourth-order valence-electron chi connectivity index (χ4n) is 1.42. The van der Waals surface area contributed by atoms with Gasteiger partial charge in [0, 0.05) is 25.9 Å². The van der Waals surface area contributed by atoms with Gasteiger partial charge in [-0.2, -0.15) is 11.8 Å². The summed E-state index contributed by atoms with van der Waals surface area (Å²) in [5.41, 5.74) is 1.20. The molecular weight excluding hydrogens is 246 g/mol. The van der Waals surface area contributed by atoms with Gasteiger partial charge in [0.25, 0.3) is 0 Å². The minimum absolute atomic E-state index is 0.753. The van der Waals surface area contributed by atoms with Crippen LogP contribution in [0.2, 0.25) is 0 Å². The average molecular weight is 267 g/mol. The summed E-state index contributed by atoms with van der Waals surface area (Å²) in [6.45, 7) is 1.67. The van der Waals surface area contributed by atoms with Gasteiger partial charge in [0.1, 0.15) is 5.75 Å². The summed E-state index contributed by atoms with van der Waals surface area (Å²) in [5, 5.41) is 6.53. The van der Waals surface area contributed by atoms with Crippen molar-refractivity contribution in [2.45, 2.75) is 6.54 Å². The third-order valence-electron chi connectivity index (χ3n) is 2.44. The summed E-state index contributed by atoms with van der Waals surface area (Å²) in [6.07, 6.45) is 2.09. The Labute approximate surface area is 113 Å². The van der Waals surface area contributed by atoms with Crippen LogP contribution in [0.4, 0.5) is 0 Å². The lowest BCUT2D eigenvalue weighted by molar-refractivity contribution is 0.414. The molecule has 0 aliphatic rings. The Morgan fingerprint density at radius 2 is 2.00 bits per heavy atom. The number of hydrogen-bond donors (Lipinski definition) is 2. The van der Waals surface area contributed by atoms with E-state index >= 15 is 0 Å². The molecule has 0 saturated heterocycles. The number of ether oxygens (including phenoxy) is 1. The second kappa shape index (κ2) is 8.69. The van der Waals surface area contributed by atoms with Crippen LogP contribution in [-0.4, -0.2) is 38.7 Å². The summed E-state index contributed by atoms with van der Waals surface area (Å²) in [4.78, 5) is 4.17. The third kappa shape index (κ3) is 5.31. The molecule has 0 amide bonds. The van der Waals surface area contributed by atoms with Gasteiger partial charge in [-0.15, -0.1) is 0 Å². The van der Waals surface area contributed by atoms with Crippen molar-refractivity contribution in [1.82, 2.24) is 10.6 Å². The fraction of sp³-hybridized carbons (Fsp3) is 0.462. The van der Waals surface area contributed by atoms with Crippen LogP contribution in [0.3, 0.4) is 0 Å². The van der Waals surface area contributed by atoms with Crippen LogP contribution in [0.1, 0.15) is 5.56 Å². The molecule has 1 aromatic carbocycles. The van der Waals surface area contributed by atoms with Gasteiger partial charge in [-0.1, -0.05) is 12.1 Å². The van der Waals surface area contributed by atoms with Crippen LogP contribution in [0.5, 0.6) is 5.75 Å². The van der Waals surface area contributed by atoms with Gasteiger partial charge in [-0.25, -0.2) is 0 Å². The number of hydrogen-bond acceptors (Lipinski definition) is 3. The minimum Gasteiger partial charge on any atom is -0.497 e. The second-order valence-corrected chi connectivity index (χ2v) is 4.68. The molecule has 0 aliphatic heterocycles. The smallest absolute Gasteiger partial charge is 0.191 e. The molecule has 0 unspecified atom stereocenters. The first kappa shape index (κ1) is 14.7. The first-order valence-electron chi connectivity index (χ1n) is 5.86. The van der Waals surface area contributed by atoms with Gasteiger partial charge in [-0.05, 0) is 24.0 Å². The number of methoxy groups -OCH3 is 1. The van der Waals surface area contributed by atoms with Crippen LogP contribution in [0.25, 0.3) is 0 Å². The van der Waals surface area contributed by atoms with E-state index in [1.165, 1.54) is 5.56 Å². The van der Waals surface area contributed by atoms with Crippen LogP contribution in [-0.2, 0) is 6.54 Å². The zero-order valence-corrected chi connectivity index (χ0v) is 12.0. The van der Waals surface area contributed by atoms with Crippen LogP contribution >= 0.6 is 11.8 Å². The quantitative estimate of drug-likeness (QED) is 0.468. The Balaban J connectivity index is 2.37. The Hall–Kier alpha value is -1.36. The van der Waals surface area contributed by atoms with E-state index in [4.69, 9.17) is 4.74 Å². The van der Waals surface area contributed by atoms with E-state index in [-0.39, 0.29) is 0 Å². The summed E-state index contributed by atoms with van der Waals surface area (Å²) >= 11 is 1.81. The number of guanidine groups is 1. The van der Waals surface area contributed by atoms with Crippen molar-refractivity contribution in [3.63, 3.8) is 0 Å². The van der Waals surface area contributed by atoms with E-state index in [1.54, 1.807) is 14.2 Å². The highest BCUT2D eigenvalue weighted by atomic mass is 32.2. The predicted octanol–water partition coefficient (Wildman–Crippen LogP) is 1.72. The van der Waals surface area contributed by atoms with Crippen molar-refractivity contribution in [1.29, 1.82) is 0 Å². The molecule has 0 heterocycles. The van der Waals surface area contributed by atoms with Crippen LogP contribution in [0.15, 0.2) is 29.3 Å². The summed E-state index contributed by atoms with van der Waals surface area (Å²) in [7, 11) is 3.45. The molecule has 0 atom stereocenters. The van der Waals surface area contributed by atoms with Gasteiger partial charge < -0.3 is 15.4 Å². The lowest BCUT2D eigenvalue weighted by Crippen LogP contribution is -2.37. The van der Waals surface area contributed by atoms with Gasteiger partial charge >= 0.3 is 0 Å². The van der Waals surface area contributed by atoms with Crippen molar-refractivity contribution in [2.75, 3.05) is 32.7 Å². The maximum absolute atomic E-state index is 5.12. The first-order chi connectivity index (χ1) is 8.80. The topological polar surface area (TPSA) is 45.7 Å². The van der Waals surface area contributed by atoms with E-state index in [1.807, 2.05) is 36.0 Å². The molecular formula is C13H21N3OS. The molecule has 0 saturated carbocycles. The fourth-order valence-corrected chi connectivity index (χ4v) is 1.73. The Morgan fingerprint density at radius 1 is 1.28 bits per heavy atom. The highest BCUT2D eigenvalue weighted by Gasteiger charge is 1.98. The molecule has 0 aliphatic carbocycles. The predicted molar refractivity (Wildman–Crippen MR) is 79.6 cm³/mol. The van der Waals surface area contributed by atoms with E-state index in [9.17, 15) is 0 Å². The standard InChI is InChI=1S/C13H21N3OS/c1-14-13(15-8-9-18-3)16-10-11-4-6-12(17-2)7-5-11/h4-7H,8-10H2,1-3H3,(H2,14,15,16). The second-order valence-electron chi connectivity index (χ2n) is 3.69. The number of aliphatic imine (C=N–C) groups is 1. The molecule has 0 radical (unpaired) electrons. The van der Waals surface area contributed by atoms with E-state index in [0.29, 0.717) is 0 Å². The number of nitrogens with one attached hydrogen (secondary N) is 2. The van der Waals surface area contributed by atoms with Gasteiger partial charge in [-0.3, -0.25) is 4.99 Å². The van der Waals surface area contributed by atoms with E-state index < -0.39 is 0 Å². The SMILES string of the molecule is CN=C(NCCSC)NCc1ccc(OC)cc1. The molecule has 2 N–H and O–H groups in total. The molecule has 1 aromatic rings. The van der Waals surface area contributed by atoms with Crippen molar-refractivity contribution >= 4 is 17.7 Å². The molecule has 100 valence electrons. The van der Waals surface area contributed by atoms with Crippen molar-refractivity contribution in [2.24, 2.45) is 4.99 Å². The molecule has 18 heavy (non-hydrogen) atoms. The van der Waals surface area contributed by atoms with E-state index in [0.717, 1.165) is 30.6 Å². The molecule has 1 rings (SSSR count). The molecule has 5 heteroatoms. The molecule has 0 bridgehead atoms. The van der Waals surface area contributed by atoms with Crippen molar-refractivity contribution in [3.05, 3.63) is 29.8 Å². The van der Waals surface area contributed by atoms with Crippen molar-refractivity contribution < 1.29 is 4.74 Å². The number of thioether (sulfide) groups is 1. The minimum atomic E-state index is 0.753. The van der Waals surface area contributed by atoms with Crippen molar-refractivity contribution in [3.8, 4) is 5.75 Å². The monoisotopic (exact) mass is 267 g/mol. The van der Waals surface area contributed by atoms with Crippen LogP contribution in [0, 0.1) is 0 Å². The molecule has 4 nitrogen and oxygen atoms in total. The van der Waals surface area contributed by atoms with E-state index in [2.05, 4.69) is 21.9 Å². The summed E-state index contributed by atoms with van der Waals surface area (Å²) in [6, 6.07) is 8.00. The maximum Gasteiger partial charge on any atom is 0.191 e. The Kier molecular flexibility index (Phi) is 7.10. The van der Waals surface area contributed by atoms with Crippen LogP contribution < -0.4 is 15.4 Å². The highest BCUT2D eigenvalue weighted by molar-refractivity contribution is 7.98. The summed E-state index contributed by atoms with van der Waals surface area (Å²) in [5.74, 6) is 2.78. The average Bonchev–Trinajstić information content (AvgIpc) is 2.43. The maximum atomic E-state index is 5.12. The zero-order chi connectivity index (χ0) is 13.2. The number of benzene rings is 1. The summed E-state index contributed by atoms with van der Waals surface area (Å²) < 4.78 is 5.12. The lowest BCUT2D eigenvalue weighted by Gasteiger charge is -2.11.